The fraction of sp³-hybridized carbons (Fsp3) is 0.875. The third-order valence-electron chi connectivity index (χ3n) is 1.80. The molecule has 1 rings (SSSR count). The van der Waals surface area contributed by atoms with Gasteiger partial charge in [-0.2, -0.15) is 0 Å². The lowest BCUT2D eigenvalue weighted by molar-refractivity contribution is -0.168. The van der Waals surface area contributed by atoms with Crippen molar-refractivity contribution in [2.45, 2.75) is 25.6 Å². The Bertz CT molecular complexity index is 143. The van der Waals surface area contributed by atoms with E-state index in [-0.39, 0.29) is 25.2 Å². The summed E-state index contributed by atoms with van der Waals surface area (Å²) in [5.74, 6) is -0.0795. The topological polar surface area (TPSA) is 61.6 Å². The normalized spacial score (nSPS) is 23.9. The Balaban J connectivity index is 2.09. The molecule has 1 aliphatic heterocycles. The zero-order valence-corrected chi connectivity index (χ0v) is 7.12. The van der Waals surface area contributed by atoms with Crippen LogP contribution in [0.15, 0.2) is 0 Å². The molecular weight excluding hydrogens is 158 g/mol. The molecule has 1 fully saturated rings. The largest absolute Gasteiger partial charge is 0.353 e. The molecule has 1 atom stereocenters. The molecule has 0 amide bonds. The zero-order valence-electron chi connectivity index (χ0n) is 7.12. The third kappa shape index (κ3) is 3.30. The summed E-state index contributed by atoms with van der Waals surface area (Å²) in [6, 6.07) is 0. The van der Waals surface area contributed by atoms with Crippen LogP contribution in [0.4, 0.5) is 0 Å². The molecule has 1 saturated heterocycles. The summed E-state index contributed by atoms with van der Waals surface area (Å²) in [6.07, 6.45) is 2.90. The van der Waals surface area contributed by atoms with Crippen molar-refractivity contribution in [1.29, 1.82) is 0 Å². The van der Waals surface area contributed by atoms with Gasteiger partial charge in [0, 0.05) is 6.61 Å². The van der Waals surface area contributed by atoms with Crippen molar-refractivity contribution in [1.82, 2.24) is 0 Å². The Labute approximate surface area is 72.0 Å². The van der Waals surface area contributed by atoms with Crippen LogP contribution in [0, 0.1) is 0 Å². The van der Waals surface area contributed by atoms with Crippen LogP contribution in [-0.4, -0.2) is 31.8 Å². The number of ketones is 1. The Kier molecular flexibility index (Phi) is 4.21. The Morgan fingerprint density at radius 2 is 2.42 bits per heavy atom. The third-order valence-corrected chi connectivity index (χ3v) is 1.80. The van der Waals surface area contributed by atoms with E-state index >= 15 is 0 Å². The minimum absolute atomic E-state index is 0.0483. The standard InChI is InChI=1S/C8H15NO3/c9-5-7(10)6-12-8-3-1-2-4-11-8/h8H,1-6,9H2. The van der Waals surface area contributed by atoms with Gasteiger partial charge >= 0.3 is 0 Å². The predicted octanol–water partition coefficient (Wildman–Crippen LogP) is 0.0574. The summed E-state index contributed by atoms with van der Waals surface area (Å²) >= 11 is 0. The predicted molar refractivity (Wildman–Crippen MR) is 43.6 cm³/mol. The van der Waals surface area contributed by atoms with Crippen molar-refractivity contribution in [3.63, 3.8) is 0 Å². The lowest BCUT2D eigenvalue weighted by Crippen LogP contribution is -2.27. The highest BCUT2D eigenvalue weighted by molar-refractivity contribution is 5.81. The lowest BCUT2D eigenvalue weighted by Gasteiger charge is -2.22. The Hall–Kier alpha value is -0.450. The molecule has 0 radical (unpaired) electrons. The second-order valence-electron chi connectivity index (χ2n) is 2.85. The molecule has 70 valence electrons. The Morgan fingerprint density at radius 3 is 3.00 bits per heavy atom. The quantitative estimate of drug-likeness (QED) is 0.653. The van der Waals surface area contributed by atoms with Gasteiger partial charge < -0.3 is 15.2 Å². The molecule has 0 aromatic heterocycles. The van der Waals surface area contributed by atoms with Gasteiger partial charge in [-0.1, -0.05) is 0 Å². The van der Waals surface area contributed by atoms with Gasteiger partial charge in [-0.15, -0.1) is 0 Å². The second-order valence-corrected chi connectivity index (χ2v) is 2.85. The van der Waals surface area contributed by atoms with E-state index in [1.54, 1.807) is 0 Å². The first kappa shape index (κ1) is 9.64. The minimum Gasteiger partial charge on any atom is -0.353 e. The maximum absolute atomic E-state index is 10.7. The number of nitrogens with two attached hydrogens (primary N) is 1. The van der Waals surface area contributed by atoms with E-state index in [9.17, 15) is 4.79 Å². The maximum Gasteiger partial charge on any atom is 0.172 e. The summed E-state index contributed by atoms with van der Waals surface area (Å²) in [5, 5.41) is 0. The van der Waals surface area contributed by atoms with Gasteiger partial charge in [-0.3, -0.25) is 4.79 Å². The van der Waals surface area contributed by atoms with Gasteiger partial charge in [0.15, 0.2) is 12.1 Å². The lowest BCUT2D eigenvalue weighted by atomic mass is 10.2. The van der Waals surface area contributed by atoms with Crippen LogP contribution in [0.2, 0.25) is 0 Å². The fourth-order valence-corrected chi connectivity index (χ4v) is 1.09. The average Bonchev–Trinajstić information content (AvgIpc) is 2.16. The van der Waals surface area contributed by atoms with Crippen molar-refractivity contribution in [2.75, 3.05) is 19.8 Å². The van der Waals surface area contributed by atoms with Crippen molar-refractivity contribution in [3.8, 4) is 0 Å². The monoisotopic (exact) mass is 173 g/mol. The van der Waals surface area contributed by atoms with Crippen molar-refractivity contribution < 1.29 is 14.3 Å². The number of ether oxygens (including phenoxy) is 2. The van der Waals surface area contributed by atoms with Gasteiger partial charge in [-0.25, -0.2) is 0 Å². The van der Waals surface area contributed by atoms with Crippen LogP contribution in [0.1, 0.15) is 19.3 Å². The molecule has 0 spiro atoms. The molecule has 0 aromatic rings. The number of hydrogen-bond donors (Lipinski definition) is 1. The molecule has 0 bridgehead atoms. The van der Waals surface area contributed by atoms with E-state index in [1.165, 1.54) is 0 Å². The smallest absolute Gasteiger partial charge is 0.172 e. The summed E-state index contributed by atoms with van der Waals surface area (Å²) in [6.45, 7) is 0.870. The van der Waals surface area contributed by atoms with Crippen LogP contribution < -0.4 is 5.73 Å². The highest BCUT2D eigenvalue weighted by Crippen LogP contribution is 2.13. The first-order valence-electron chi connectivity index (χ1n) is 4.28. The van der Waals surface area contributed by atoms with Crippen LogP contribution >= 0.6 is 0 Å². The molecule has 0 saturated carbocycles. The molecule has 1 heterocycles. The summed E-state index contributed by atoms with van der Waals surface area (Å²) in [5.41, 5.74) is 5.12. The van der Waals surface area contributed by atoms with Crippen LogP contribution in [-0.2, 0) is 14.3 Å². The van der Waals surface area contributed by atoms with Gasteiger partial charge in [0.2, 0.25) is 0 Å². The number of Topliss-reactive ketones (excluding diaryl/α,β-unsaturated/α-hetero) is 1. The Morgan fingerprint density at radius 1 is 1.58 bits per heavy atom. The fourth-order valence-electron chi connectivity index (χ4n) is 1.09. The summed E-state index contributed by atoms with van der Waals surface area (Å²) in [4.78, 5) is 10.7. The molecule has 4 heteroatoms. The number of hydrogen-bond acceptors (Lipinski definition) is 4. The van der Waals surface area contributed by atoms with Gasteiger partial charge in [0.05, 0.1) is 6.54 Å². The average molecular weight is 173 g/mol. The molecule has 4 nitrogen and oxygen atoms in total. The molecule has 1 unspecified atom stereocenters. The van der Waals surface area contributed by atoms with E-state index in [4.69, 9.17) is 15.2 Å². The van der Waals surface area contributed by atoms with Crippen molar-refractivity contribution >= 4 is 5.78 Å². The van der Waals surface area contributed by atoms with E-state index in [2.05, 4.69) is 0 Å². The highest BCUT2D eigenvalue weighted by atomic mass is 16.7. The number of carbonyl (C=O) groups is 1. The van der Waals surface area contributed by atoms with Crippen LogP contribution in [0.25, 0.3) is 0 Å². The minimum atomic E-state index is -0.186. The van der Waals surface area contributed by atoms with E-state index in [0.717, 1.165) is 25.9 Å². The molecule has 0 aromatic carbocycles. The molecular formula is C8H15NO3. The van der Waals surface area contributed by atoms with E-state index in [0.29, 0.717) is 0 Å². The van der Waals surface area contributed by atoms with E-state index < -0.39 is 0 Å². The van der Waals surface area contributed by atoms with Gasteiger partial charge in [0.25, 0.3) is 0 Å². The van der Waals surface area contributed by atoms with E-state index in [1.807, 2.05) is 0 Å². The second kappa shape index (κ2) is 5.24. The molecule has 1 aliphatic rings. The SMILES string of the molecule is NCC(=O)COC1CCCCO1. The van der Waals surface area contributed by atoms with Crippen LogP contribution in [0.5, 0.6) is 0 Å². The van der Waals surface area contributed by atoms with Gasteiger partial charge in [0.1, 0.15) is 6.61 Å². The summed E-state index contributed by atoms with van der Waals surface area (Å²) < 4.78 is 10.4. The maximum atomic E-state index is 10.7. The highest BCUT2D eigenvalue weighted by Gasteiger charge is 2.14. The molecule has 2 N–H and O–H groups in total. The zero-order chi connectivity index (χ0) is 8.81. The number of rotatable bonds is 4. The first-order valence-corrected chi connectivity index (χ1v) is 4.28. The molecule has 12 heavy (non-hydrogen) atoms. The van der Waals surface area contributed by atoms with Crippen molar-refractivity contribution in [3.05, 3.63) is 0 Å². The number of carbonyl (C=O) groups excluding carboxylic acids is 1. The molecule has 0 aliphatic carbocycles. The van der Waals surface area contributed by atoms with Crippen LogP contribution in [0.3, 0.4) is 0 Å². The van der Waals surface area contributed by atoms with Gasteiger partial charge in [-0.05, 0) is 19.3 Å². The van der Waals surface area contributed by atoms with Crippen molar-refractivity contribution in [2.24, 2.45) is 5.73 Å². The summed E-state index contributed by atoms with van der Waals surface area (Å²) in [7, 11) is 0. The first-order chi connectivity index (χ1) is 5.83.